The van der Waals surface area contributed by atoms with E-state index in [2.05, 4.69) is 30.1 Å². The Bertz CT molecular complexity index is 925. The molecule has 3 aromatic rings. The molecule has 6 nitrogen and oxygen atoms in total. The van der Waals surface area contributed by atoms with Gasteiger partial charge in [-0.2, -0.15) is 4.98 Å². The van der Waals surface area contributed by atoms with Crippen molar-refractivity contribution in [1.29, 1.82) is 0 Å². The smallest absolute Gasteiger partial charge is 0.225 e. The molecule has 0 radical (unpaired) electrons. The first-order valence-electron chi connectivity index (χ1n) is 9.42. The second kappa shape index (κ2) is 8.21. The number of piperazine rings is 1. The lowest BCUT2D eigenvalue weighted by Gasteiger charge is -2.37. The Morgan fingerprint density at radius 1 is 0.964 bits per heavy atom. The molecule has 1 fully saturated rings. The van der Waals surface area contributed by atoms with Gasteiger partial charge in [-0.1, -0.05) is 12.1 Å². The minimum absolute atomic E-state index is 0.170. The fraction of sp³-hybridized carbons (Fsp3) is 0.286. The number of halogens is 1. The maximum atomic E-state index is 14.0. The van der Waals surface area contributed by atoms with Crippen LogP contribution in [0.1, 0.15) is 11.3 Å². The van der Waals surface area contributed by atoms with E-state index in [9.17, 15) is 4.39 Å². The summed E-state index contributed by atoms with van der Waals surface area (Å²) in [6.07, 6.45) is 3.54. The molecule has 1 saturated heterocycles. The molecular weight excluding hydrogens is 355 g/mol. The molecule has 3 heterocycles. The van der Waals surface area contributed by atoms with Crippen molar-refractivity contribution >= 4 is 17.5 Å². The Balaban J connectivity index is 1.42. The Morgan fingerprint density at radius 3 is 2.43 bits per heavy atom. The summed E-state index contributed by atoms with van der Waals surface area (Å²) in [6.45, 7) is 5.70. The summed E-state index contributed by atoms with van der Waals surface area (Å²) in [5.41, 5.74) is 2.71. The van der Waals surface area contributed by atoms with Crippen LogP contribution in [-0.2, 0) is 6.54 Å². The van der Waals surface area contributed by atoms with E-state index in [1.165, 1.54) is 6.07 Å². The monoisotopic (exact) mass is 378 g/mol. The van der Waals surface area contributed by atoms with E-state index >= 15 is 0 Å². The molecule has 1 aromatic carbocycles. The fourth-order valence-electron chi connectivity index (χ4n) is 3.36. The summed E-state index contributed by atoms with van der Waals surface area (Å²) in [6, 6.07) is 12.9. The first-order valence-corrected chi connectivity index (χ1v) is 9.42. The van der Waals surface area contributed by atoms with Gasteiger partial charge in [0.1, 0.15) is 11.6 Å². The topological polar surface area (TPSA) is 57.2 Å². The zero-order valence-electron chi connectivity index (χ0n) is 15.8. The molecule has 28 heavy (non-hydrogen) atoms. The van der Waals surface area contributed by atoms with Crippen LogP contribution in [0.3, 0.4) is 0 Å². The normalized spacial score (nSPS) is 14.2. The van der Waals surface area contributed by atoms with Gasteiger partial charge in [-0.05, 0) is 36.8 Å². The number of nitrogens with one attached hydrogen (secondary N) is 1. The lowest BCUT2D eigenvalue weighted by atomic mass is 10.2. The van der Waals surface area contributed by atoms with Crippen molar-refractivity contribution in [2.75, 3.05) is 41.3 Å². The molecule has 1 aliphatic heterocycles. The molecule has 1 aliphatic rings. The van der Waals surface area contributed by atoms with Gasteiger partial charge in [0.05, 0.1) is 5.69 Å². The first kappa shape index (κ1) is 18.2. The van der Waals surface area contributed by atoms with Crippen molar-refractivity contribution in [2.45, 2.75) is 13.5 Å². The van der Waals surface area contributed by atoms with Gasteiger partial charge in [0.15, 0.2) is 0 Å². The van der Waals surface area contributed by atoms with Crippen molar-refractivity contribution in [2.24, 2.45) is 0 Å². The number of para-hydroxylation sites is 1. The Morgan fingerprint density at radius 2 is 1.68 bits per heavy atom. The average molecular weight is 378 g/mol. The number of anilines is 3. The third-order valence-corrected chi connectivity index (χ3v) is 4.84. The number of hydrogen-bond acceptors (Lipinski definition) is 6. The number of nitrogens with zero attached hydrogens (tertiary/aromatic N) is 5. The van der Waals surface area contributed by atoms with E-state index in [1.54, 1.807) is 18.5 Å². The molecule has 0 atom stereocenters. The van der Waals surface area contributed by atoms with Crippen LogP contribution in [0.15, 0.2) is 54.9 Å². The maximum absolute atomic E-state index is 14.0. The third-order valence-electron chi connectivity index (χ3n) is 4.84. The highest BCUT2D eigenvalue weighted by Gasteiger charge is 2.21. The number of pyridine rings is 1. The molecule has 0 aliphatic carbocycles. The van der Waals surface area contributed by atoms with Crippen LogP contribution in [0, 0.1) is 12.7 Å². The van der Waals surface area contributed by atoms with Gasteiger partial charge >= 0.3 is 0 Å². The zero-order chi connectivity index (χ0) is 19.3. The molecular formula is C21H23FN6. The number of rotatable bonds is 5. The number of aryl methyl sites for hydroxylation is 1. The van der Waals surface area contributed by atoms with E-state index in [0.717, 1.165) is 43.3 Å². The highest BCUT2D eigenvalue weighted by molar-refractivity contribution is 5.51. The van der Waals surface area contributed by atoms with E-state index in [4.69, 9.17) is 0 Å². The predicted octanol–water partition coefficient (Wildman–Crippen LogP) is 3.26. The van der Waals surface area contributed by atoms with Crippen LogP contribution in [0.4, 0.5) is 21.8 Å². The number of hydrogen-bond donors (Lipinski definition) is 1. The highest BCUT2D eigenvalue weighted by atomic mass is 19.1. The van der Waals surface area contributed by atoms with Crippen LogP contribution in [0.5, 0.6) is 0 Å². The van der Waals surface area contributed by atoms with Crippen molar-refractivity contribution in [3.8, 4) is 0 Å². The molecule has 4 rings (SSSR count). The zero-order valence-corrected chi connectivity index (χ0v) is 15.8. The van der Waals surface area contributed by atoms with Crippen molar-refractivity contribution < 1.29 is 4.39 Å². The number of aromatic nitrogens is 3. The van der Waals surface area contributed by atoms with Crippen LogP contribution < -0.4 is 15.1 Å². The summed E-state index contributed by atoms with van der Waals surface area (Å²) in [5, 5.41) is 3.29. The Kier molecular flexibility index (Phi) is 5.32. The second-order valence-electron chi connectivity index (χ2n) is 6.83. The van der Waals surface area contributed by atoms with Crippen LogP contribution in [-0.4, -0.2) is 41.1 Å². The minimum atomic E-state index is -0.170. The summed E-state index contributed by atoms with van der Waals surface area (Å²) < 4.78 is 14.0. The molecule has 0 saturated carbocycles. The summed E-state index contributed by atoms with van der Waals surface area (Å²) in [5.74, 6) is 1.35. The van der Waals surface area contributed by atoms with E-state index in [-0.39, 0.29) is 5.82 Å². The van der Waals surface area contributed by atoms with Crippen LogP contribution in [0.2, 0.25) is 0 Å². The molecule has 0 spiro atoms. The van der Waals surface area contributed by atoms with E-state index in [0.29, 0.717) is 18.2 Å². The number of benzene rings is 1. The van der Waals surface area contributed by atoms with E-state index in [1.807, 2.05) is 37.3 Å². The maximum Gasteiger partial charge on any atom is 0.225 e. The second-order valence-corrected chi connectivity index (χ2v) is 6.83. The van der Waals surface area contributed by atoms with Gasteiger partial charge in [-0.3, -0.25) is 4.98 Å². The van der Waals surface area contributed by atoms with Crippen molar-refractivity contribution in [3.05, 3.63) is 71.9 Å². The molecule has 0 amide bonds. The van der Waals surface area contributed by atoms with Gasteiger partial charge < -0.3 is 15.1 Å². The summed E-state index contributed by atoms with van der Waals surface area (Å²) in [4.78, 5) is 17.5. The fourth-order valence-corrected chi connectivity index (χ4v) is 3.36. The van der Waals surface area contributed by atoms with Gasteiger partial charge in [-0.15, -0.1) is 0 Å². The molecule has 144 valence electrons. The van der Waals surface area contributed by atoms with Gasteiger partial charge in [-0.25, -0.2) is 9.37 Å². The van der Waals surface area contributed by atoms with Crippen LogP contribution in [0.25, 0.3) is 0 Å². The standard InChI is InChI=1S/C21H23FN6/c1-16-14-20(26-21(25-16)24-15-17-6-8-23-9-7-17)28-12-10-27(11-13-28)19-5-3-2-4-18(19)22/h2-9,14H,10-13,15H2,1H3,(H,24,25,26). The van der Waals surface area contributed by atoms with Gasteiger partial charge in [0.2, 0.25) is 5.95 Å². The lowest BCUT2D eigenvalue weighted by Crippen LogP contribution is -2.47. The largest absolute Gasteiger partial charge is 0.366 e. The lowest BCUT2D eigenvalue weighted by molar-refractivity contribution is 0.596. The molecule has 1 N–H and O–H groups in total. The van der Waals surface area contributed by atoms with Crippen molar-refractivity contribution in [3.63, 3.8) is 0 Å². The predicted molar refractivity (Wildman–Crippen MR) is 109 cm³/mol. The summed E-state index contributed by atoms with van der Waals surface area (Å²) >= 11 is 0. The quantitative estimate of drug-likeness (QED) is 0.736. The Labute approximate surface area is 164 Å². The highest BCUT2D eigenvalue weighted by Crippen LogP contribution is 2.23. The first-order chi connectivity index (χ1) is 13.7. The third kappa shape index (κ3) is 4.19. The van der Waals surface area contributed by atoms with Gasteiger partial charge in [0, 0.05) is 56.9 Å². The molecule has 7 heteroatoms. The van der Waals surface area contributed by atoms with Crippen molar-refractivity contribution in [1.82, 2.24) is 15.0 Å². The van der Waals surface area contributed by atoms with Crippen LogP contribution >= 0.6 is 0 Å². The molecule has 0 unspecified atom stereocenters. The molecule has 0 bridgehead atoms. The SMILES string of the molecule is Cc1cc(N2CCN(c3ccccc3F)CC2)nc(NCc2ccncc2)n1. The van der Waals surface area contributed by atoms with E-state index < -0.39 is 0 Å². The minimum Gasteiger partial charge on any atom is -0.366 e. The Hall–Kier alpha value is -3.22. The average Bonchev–Trinajstić information content (AvgIpc) is 2.73. The summed E-state index contributed by atoms with van der Waals surface area (Å²) in [7, 11) is 0. The molecule has 2 aromatic heterocycles. The van der Waals surface area contributed by atoms with Gasteiger partial charge in [0.25, 0.3) is 0 Å².